The molecule has 7 heteroatoms. The lowest BCUT2D eigenvalue weighted by atomic mass is 9.96. The maximum atomic E-state index is 12.9. The molecule has 3 rings (SSSR count). The maximum Gasteiger partial charge on any atom is 0.243 e. The molecule has 29 heavy (non-hydrogen) atoms. The molecular formula is C22H30N4O3. The van der Waals surface area contributed by atoms with Gasteiger partial charge >= 0.3 is 0 Å². The number of nitrogens with one attached hydrogen (secondary N) is 1. The second kappa shape index (κ2) is 9.22. The van der Waals surface area contributed by atoms with Crippen LogP contribution < -0.4 is 5.32 Å². The number of rotatable bonds is 7. The zero-order valence-corrected chi connectivity index (χ0v) is 17.3. The molecule has 0 bridgehead atoms. The molecule has 1 aliphatic rings. The summed E-state index contributed by atoms with van der Waals surface area (Å²) in [7, 11) is 0. The Bertz CT molecular complexity index is 817. The van der Waals surface area contributed by atoms with Gasteiger partial charge in [0.25, 0.3) is 0 Å². The van der Waals surface area contributed by atoms with Gasteiger partial charge in [0.1, 0.15) is 6.04 Å². The molecule has 0 saturated carbocycles. The zero-order chi connectivity index (χ0) is 21.0. The Kier molecular flexibility index (Phi) is 6.69. The molecule has 1 aromatic heterocycles. The van der Waals surface area contributed by atoms with Crippen LogP contribution in [0.1, 0.15) is 45.2 Å². The molecule has 1 fully saturated rings. The van der Waals surface area contributed by atoms with Crippen molar-refractivity contribution in [1.82, 2.24) is 19.8 Å². The van der Waals surface area contributed by atoms with Crippen LogP contribution in [0.2, 0.25) is 0 Å². The van der Waals surface area contributed by atoms with Gasteiger partial charge in [-0.05, 0) is 36.5 Å². The molecular weight excluding hydrogens is 368 g/mol. The van der Waals surface area contributed by atoms with E-state index < -0.39 is 12.1 Å². The van der Waals surface area contributed by atoms with Gasteiger partial charge in [0.15, 0.2) is 0 Å². The number of aliphatic hydroxyl groups is 1. The number of hydrogen-bond acceptors (Lipinski definition) is 4. The summed E-state index contributed by atoms with van der Waals surface area (Å²) >= 11 is 0. The van der Waals surface area contributed by atoms with Gasteiger partial charge in [-0.1, -0.05) is 32.9 Å². The zero-order valence-electron chi connectivity index (χ0n) is 17.3. The number of imidazole rings is 1. The van der Waals surface area contributed by atoms with E-state index in [1.54, 1.807) is 17.4 Å². The van der Waals surface area contributed by atoms with Crippen molar-refractivity contribution in [3.8, 4) is 5.69 Å². The van der Waals surface area contributed by atoms with E-state index in [1.165, 1.54) is 0 Å². The molecule has 0 unspecified atom stereocenters. The number of hydrogen-bond donors (Lipinski definition) is 2. The molecule has 3 atom stereocenters. The summed E-state index contributed by atoms with van der Waals surface area (Å²) < 4.78 is 1.88. The first kappa shape index (κ1) is 21.0. The Morgan fingerprint density at radius 2 is 1.97 bits per heavy atom. The Hall–Kier alpha value is -2.67. The molecule has 7 nitrogen and oxygen atoms in total. The number of carbonyl (C=O) groups is 2. The van der Waals surface area contributed by atoms with E-state index in [0.717, 1.165) is 17.7 Å². The third-order valence-electron chi connectivity index (χ3n) is 5.83. The minimum atomic E-state index is -0.514. The molecule has 0 spiro atoms. The van der Waals surface area contributed by atoms with Crippen molar-refractivity contribution in [1.29, 1.82) is 0 Å². The quantitative estimate of drug-likeness (QED) is 0.749. The molecule has 2 heterocycles. The van der Waals surface area contributed by atoms with Crippen molar-refractivity contribution in [2.75, 3.05) is 13.2 Å². The standard InChI is InChI=1S/C22H30N4O3/c1-15(2)16(3)22(29)26-11-4-5-20(26)21(28)24-19(13-27)17-6-8-18(9-7-17)25-12-10-23-14-25/h6-10,12,14-16,19-20,27H,4-5,11,13H2,1-3H3,(H,24,28)/t16-,19-,20-/m0/s1. The fourth-order valence-electron chi connectivity index (χ4n) is 3.64. The van der Waals surface area contributed by atoms with Crippen LogP contribution in [0.15, 0.2) is 43.0 Å². The first-order chi connectivity index (χ1) is 13.9. The third kappa shape index (κ3) is 4.67. The third-order valence-corrected chi connectivity index (χ3v) is 5.83. The minimum absolute atomic E-state index is 0.0304. The van der Waals surface area contributed by atoms with Gasteiger partial charge in [0, 0.05) is 30.5 Å². The van der Waals surface area contributed by atoms with Crippen LogP contribution in [0.4, 0.5) is 0 Å². The second-order valence-electron chi connectivity index (χ2n) is 8.03. The second-order valence-corrected chi connectivity index (χ2v) is 8.03. The summed E-state index contributed by atoms with van der Waals surface area (Å²) in [6.07, 6.45) is 6.74. The van der Waals surface area contributed by atoms with Crippen LogP contribution in [0.25, 0.3) is 5.69 Å². The molecule has 2 N–H and O–H groups in total. The minimum Gasteiger partial charge on any atom is -0.394 e. The lowest BCUT2D eigenvalue weighted by molar-refractivity contribution is -0.142. The van der Waals surface area contributed by atoms with Crippen LogP contribution in [-0.2, 0) is 9.59 Å². The van der Waals surface area contributed by atoms with E-state index in [4.69, 9.17) is 0 Å². The van der Waals surface area contributed by atoms with Gasteiger partial charge in [-0.2, -0.15) is 0 Å². The first-order valence-electron chi connectivity index (χ1n) is 10.2. The lowest BCUT2D eigenvalue weighted by Gasteiger charge is -2.29. The number of aliphatic hydroxyl groups excluding tert-OH is 1. The SMILES string of the molecule is CC(C)[C@H](C)C(=O)N1CCC[C@H]1C(=O)N[C@@H](CO)c1ccc(-n2ccnc2)cc1. The monoisotopic (exact) mass is 398 g/mol. The van der Waals surface area contributed by atoms with Crippen LogP contribution in [0.5, 0.6) is 0 Å². The van der Waals surface area contributed by atoms with Crippen molar-refractivity contribution in [2.24, 2.45) is 11.8 Å². The van der Waals surface area contributed by atoms with E-state index in [9.17, 15) is 14.7 Å². The van der Waals surface area contributed by atoms with Crippen molar-refractivity contribution in [3.63, 3.8) is 0 Å². The summed E-state index contributed by atoms with van der Waals surface area (Å²) in [5.74, 6) is -0.0637. The number of aromatic nitrogens is 2. The predicted octanol–water partition coefficient (Wildman–Crippen LogP) is 2.30. The highest BCUT2D eigenvalue weighted by Gasteiger charge is 2.37. The number of amides is 2. The Balaban J connectivity index is 1.68. The molecule has 0 aliphatic carbocycles. The molecule has 1 aromatic carbocycles. The first-order valence-corrected chi connectivity index (χ1v) is 10.2. The van der Waals surface area contributed by atoms with Crippen LogP contribution >= 0.6 is 0 Å². The number of likely N-dealkylation sites (tertiary alicyclic amines) is 1. The molecule has 1 saturated heterocycles. The lowest BCUT2D eigenvalue weighted by Crippen LogP contribution is -2.49. The molecule has 156 valence electrons. The fraction of sp³-hybridized carbons (Fsp3) is 0.500. The molecule has 0 radical (unpaired) electrons. The fourth-order valence-corrected chi connectivity index (χ4v) is 3.64. The Labute approximate surface area is 171 Å². The highest BCUT2D eigenvalue weighted by atomic mass is 16.3. The number of benzene rings is 1. The van der Waals surface area contributed by atoms with Crippen molar-refractivity contribution < 1.29 is 14.7 Å². The summed E-state index contributed by atoms with van der Waals surface area (Å²) in [5.41, 5.74) is 1.76. The van der Waals surface area contributed by atoms with Crippen LogP contribution in [-0.4, -0.2) is 50.6 Å². The summed E-state index contributed by atoms with van der Waals surface area (Å²) in [4.78, 5) is 31.4. The van der Waals surface area contributed by atoms with E-state index in [2.05, 4.69) is 10.3 Å². The summed E-state index contributed by atoms with van der Waals surface area (Å²) in [6, 6.07) is 6.62. The van der Waals surface area contributed by atoms with Gasteiger partial charge in [-0.15, -0.1) is 0 Å². The van der Waals surface area contributed by atoms with E-state index in [1.807, 2.05) is 55.8 Å². The number of carbonyl (C=O) groups excluding carboxylic acids is 2. The number of nitrogens with zero attached hydrogens (tertiary/aromatic N) is 3. The normalized spacial score (nSPS) is 18.7. The van der Waals surface area contributed by atoms with Crippen molar-refractivity contribution >= 4 is 11.8 Å². The largest absolute Gasteiger partial charge is 0.394 e. The molecule has 1 aliphatic heterocycles. The topological polar surface area (TPSA) is 87.5 Å². The Morgan fingerprint density at radius 3 is 2.55 bits per heavy atom. The molecule has 2 aromatic rings. The van der Waals surface area contributed by atoms with Gasteiger partial charge in [-0.3, -0.25) is 9.59 Å². The Morgan fingerprint density at radius 1 is 1.24 bits per heavy atom. The van der Waals surface area contributed by atoms with Gasteiger partial charge in [-0.25, -0.2) is 4.98 Å². The molecule has 2 amide bonds. The average molecular weight is 399 g/mol. The van der Waals surface area contributed by atoms with E-state index >= 15 is 0 Å². The summed E-state index contributed by atoms with van der Waals surface area (Å²) in [6.45, 7) is 6.35. The van der Waals surface area contributed by atoms with Crippen molar-refractivity contribution in [2.45, 2.75) is 45.7 Å². The maximum absolute atomic E-state index is 12.9. The smallest absolute Gasteiger partial charge is 0.243 e. The van der Waals surface area contributed by atoms with Crippen molar-refractivity contribution in [3.05, 3.63) is 48.5 Å². The predicted molar refractivity (Wildman–Crippen MR) is 110 cm³/mol. The van der Waals surface area contributed by atoms with E-state index in [-0.39, 0.29) is 30.3 Å². The van der Waals surface area contributed by atoms with Crippen LogP contribution in [0.3, 0.4) is 0 Å². The van der Waals surface area contributed by atoms with E-state index in [0.29, 0.717) is 13.0 Å². The van der Waals surface area contributed by atoms with Crippen LogP contribution in [0, 0.1) is 11.8 Å². The highest BCUT2D eigenvalue weighted by Crippen LogP contribution is 2.24. The van der Waals surface area contributed by atoms with Gasteiger partial charge in [0.05, 0.1) is 19.0 Å². The van der Waals surface area contributed by atoms with Gasteiger partial charge in [0.2, 0.25) is 11.8 Å². The highest BCUT2D eigenvalue weighted by molar-refractivity contribution is 5.89. The van der Waals surface area contributed by atoms with Gasteiger partial charge < -0.3 is 19.9 Å². The summed E-state index contributed by atoms with van der Waals surface area (Å²) in [5, 5.41) is 12.8. The average Bonchev–Trinajstić information content (AvgIpc) is 3.43.